The summed E-state index contributed by atoms with van der Waals surface area (Å²) in [5, 5.41) is 8.99. The van der Waals surface area contributed by atoms with E-state index in [0.29, 0.717) is 5.92 Å². The minimum absolute atomic E-state index is 0. The molecule has 0 amide bonds. The molecule has 0 aliphatic heterocycles. The van der Waals surface area contributed by atoms with Gasteiger partial charge in [0.05, 0.1) is 0 Å². The van der Waals surface area contributed by atoms with E-state index in [4.69, 9.17) is 5.11 Å². The van der Waals surface area contributed by atoms with Gasteiger partial charge in [0.1, 0.15) is 0 Å². The molecule has 51 valence electrons. The molecule has 1 rings (SSSR count). The van der Waals surface area contributed by atoms with E-state index in [9.17, 15) is 0 Å². The molecule has 1 aliphatic rings. The first-order chi connectivity index (χ1) is 3.79. The van der Waals surface area contributed by atoms with Crippen molar-refractivity contribution >= 4 is 0 Å². The van der Waals surface area contributed by atoms with E-state index in [1.54, 1.807) is 0 Å². The van der Waals surface area contributed by atoms with Crippen molar-refractivity contribution in [3.8, 4) is 0 Å². The predicted molar refractivity (Wildman–Crippen MR) is 33.0 cm³/mol. The van der Waals surface area contributed by atoms with Crippen molar-refractivity contribution in [3.05, 3.63) is 12.8 Å². The van der Waals surface area contributed by atoms with Gasteiger partial charge in [-0.3, -0.25) is 0 Å². The third kappa shape index (κ3) is 3.69. The molecule has 2 unspecified atom stereocenters. The Kier molecular flexibility index (Phi) is 5.38. The molecule has 1 fully saturated rings. The van der Waals surface area contributed by atoms with Gasteiger partial charge >= 0.3 is 0 Å². The van der Waals surface area contributed by atoms with Gasteiger partial charge < -0.3 is 17.9 Å². The van der Waals surface area contributed by atoms with Crippen LogP contribution in [0.4, 0.5) is 0 Å². The Balaban J connectivity index is 0.000000640. The van der Waals surface area contributed by atoms with Crippen molar-refractivity contribution in [2.24, 2.45) is 5.92 Å². The van der Waals surface area contributed by atoms with E-state index in [1.807, 2.05) is 6.42 Å². The molecule has 0 aromatic heterocycles. The van der Waals surface area contributed by atoms with Gasteiger partial charge in [0.15, 0.2) is 0 Å². The molecule has 1 radical (unpaired) electrons. The molecule has 0 saturated heterocycles. The number of hydrogen-bond donors (Lipinski definition) is 1. The van der Waals surface area contributed by atoms with Crippen LogP contribution in [-0.4, -0.2) is 11.2 Å². The number of hydrogen-bond acceptors (Lipinski definition) is 1. The largest absolute Gasteiger partial charge is 0.428 e. The summed E-state index contributed by atoms with van der Waals surface area (Å²) < 4.78 is 0. The fourth-order valence-electron chi connectivity index (χ4n) is 1.07. The molecule has 2 atom stereocenters. The Bertz CT molecular complexity index is 67.3. The fraction of sp³-hybridized carbons (Fsp3) is 0.714. The fourth-order valence-corrected chi connectivity index (χ4v) is 1.07. The van der Waals surface area contributed by atoms with Crippen LogP contribution in [0, 0.1) is 18.8 Å². The first kappa shape index (κ1) is 10.1. The zero-order valence-electron chi connectivity index (χ0n) is 5.75. The average Bonchev–Trinajstić information content (AvgIpc) is 1.64. The summed E-state index contributed by atoms with van der Waals surface area (Å²) in [6, 6.07) is 0. The molecule has 1 saturated carbocycles. The Morgan fingerprint density at radius 3 is 2.44 bits per heavy atom. The molecule has 0 aromatic rings. The van der Waals surface area contributed by atoms with Crippen LogP contribution in [0.5, 0.6) is 0 Å². The van der Waals surface area contributed by atoms with Gasteiger partial charge in [-0.1, -0.05) is 13.0 Å². The van der Waals surface area contributed by atoms with Gasteiger partial charge in [-0.2, -0.15) is 12.3 Å². The monoisotopic (exact) mass is 201 g/mol. The molecule has 1 nitrogen and oxygen atoms in total. The van der Waals surface area contributed by atoms with Crippen molar-refractivity contribution in [2.45, 2.75) is 25.9 Å². The summed E-state index contributed by atoms with van der Waals surface area (Å²) in [5.41, 5.74) is 0. The second kappa shape index (κ2) is 4.81. The Morgan fingerprint density at radius 2 is 2.11 bits per heavy atom. The average molecular weight is 201 g/mol. The molecule has 0 aromatic carbocycles. The van der Waals surface area contributed by atoms with E-state index in [2.05, 4.69) is 13.3 Å². The van der Waals surface area contributed by atoms with Crippen LogP contribution in [0.25, 0.3) is 0 Å². The van der Waals surface area contributed by atoms with Gasteiger partial charge in [0.2, 0.25) is 0 Å². The van der Waals surface area contributed by atoms with Crippen LogP contribution in [-0.2, 0) is 32.7 Å². The maximum atomic E-state index is 8.99. The summed E-state index contributed by atoms with van der Waals surface area (Å²) in [6.45, 7) is 2.12. The van der Waals surface area contributed by atoms with Gasteiger partial charge in [-0.15, -0.1) is 0 Å². The third-order valence-corrected chi connectivity index (χ3v) is 1.50. The second-order valence-electron chi connectivity index (χ2n) is 2.50. The molecule has 2 heteroatoms. The van der Waals surface area contributed by atoms with E-state index in [0.717, 1.165) is 12.8 Å². The summed E-state index contributed by atoms with van der Waals surface area (Å²) in [6.07, 6.45) is 5.97. The molecule has 0 heterocycles. The predicted octanol–water partition coefficient (Wildman–Crippen LogP) is 1.18. The molecule has 1 aliphatic carbocycles. The van der Waals surface area contributed by atoms with Crippen molar-refractivity contribution < 1.29 is 37.8 Å². The van der Waals surface area contributed by atoms with Crippen molar-refractivity contribution in [2.75, 3.05) is 0 Å². The Labute approximate surface area is 82.1 Å². The van der Waals surface area contributed by atoms with Crippen LogP contribution in [0.15, 0.2) is 0 Å². The van der Waals surface area contributed by atoms with Gasteiger partial charge in [-0.05, 0) is 0 Å². The minimum Gasteiger partial charge on any atom is -0.428 e. The number of rotatable bonds is 0. The van der Waals surface area contributed by atoms with Crippen molar-refractivity contribution in [1.82, 2.24) is 0 Å². The van der Waals surface area contributed by atoms with Gasteiger partial charge in [0.25, 0.3) is 0 Å². The topological polar surface area (TPSA) is 20.2 Å². The molecule has 9 heavy (non-hydrogen) atoms. The van der Waals surface area contributed by atoms with Crippen LogP contribution < -0.4 is 0 Å². The molecular weight excluding hydrogens is 189 g/mol. The first-order valence-electron chi connectivity index (χ1n) is 3.14. The summed E-state index contributed by atoms with van der Waals surface area (Å²) in [7, 11) is 0. The van der Waals surface area contributed by atoms with Crippen molar-refractivity contribution in [1.29, 1.82) is 0 Å². The standard InChI is InChI=1S/C7H12O.Y/c1-6-3-2-4-7(8)5-6;/h2,5-8H,3-4H2,1H3;/q-2;. The Hall–Kier alpha value is 1.06. The van der Waals surface area contributed by atoms with E-state index < -0.39 is 0 Å². The molecule has 0 bridgehead atoms. The Morgan fingerprint density at radius 1 is 1.44 bits per heavy atom. The maximum absolute atomic E-state index is 8.99. The maximum Gasteiger partial charge on any atom is 0 e. The van der Waals surface area contributed by atoms with Gasteiger partial charge in [-0.25, -0.2) is 6.42 Å². The number of aliphatic hydroxyl groups is 1. The summed E-state index contributed by atoms with van der Waals surface area (Å²) >= 11 is 0. The quantitative estimate of drug-likeness (QED) is 0.583. The van der Waals surface area contributed by atoms with Crippen LogP contribution in [0.1, 0.15) is 19.8 Å². The van der Waals surface area contributed by atoms with Crippen LogP contribution in [0.2, 0.25) is 0 Å². The SMILES string of the molecule is CC1[CH-]C(O)C[CH-]C1.[Y]. The first-order valence-corrected chi connectivity index (χ1v) is 3.14. The summed E-state index contributed by atoms with van der Waals surface area (Å²) in [5.74, 6) is 0.582. The van der Waals surface area contributed by atoms with E-state index >= 15 is 0 Å². The van der Waals surface area contributed by atoms with Crippen LogP contribution >= 0.6 is 0 Å². The minimum atomic E-state index is -0.168. The normalized spacial score (nSPS) is 35.3. The molecular formula is C7H12OY-2. The zero-order valence-corrected chi connectivity index (χ0v) is 8.59. The van der Waals surface area contributed by atoms with Crippen molar-refractivity contribution in [3.63, 3.8) is 0 Å². The zero-order chi connectivity index (χ0) is 5.98. The summed E-state index contributed by atoms with van der Waals surface area (Å²) in [4.78, 5) is 0. The molecule has 0 spiro atoms. The van der Waals surface area contributed by atoms with Gasteiger partial charge in [0, 0.05) is 32.7 Å². The third-order valence-electron chi connectivity index (χ3n) is 1.50. The van der Waals surface area contributed by atoms with Crippen LogP contribution in [0.3, 0.4) is 0 Å². The molecule has 1 N–H and O–H groups in total. The number of aliphatic hydroxyl groups excluding tert-OH is 1. The van der Waals surface area contributed by atoms with E-state index in [1.165, 1.54) is 0 Å². The second-order valence-corrected chi connectivity index (χ2v) is 2.50. The smallest absolute Gasteiger partial charge is 0 e. The van der Waals surface area contributed by atoms with E-state index in [-0.39, 0.29) is 38.8 Å².